The summed E-state index contributed by atoms with van der Waals surface area (Å²) in [4.78, 5) is 22.3. The van der Waals surface area contributed by atoms with Crippen molar-refractivity contribution in [1.82, 2.24) is 15.0 Å². The average molecular weight is 952 g/mol. The molecule has 6 aromatic carbocycles. The maximum atomic E-state index is 14.2. The van der Waals surface area contributed by atoms with Crippen LogP contribution in [0, 0.1) is 17.5 Å². The Morgan fingerprint density at radius 1 is 0.529 bits per heavy atom. The van der Waals surface area contributed by atoms with Crippen molar-refractivity contribution in [2.45, 2.75) is 79.6 Å². The third-order valence-corrected chi connectivity index (χ3v) is 11.8. The van der Waals surface area contributed by atoms with E-state index in [0.717, 1.165) is 6.42 Å². The predicted molar refractivity (Wildman–Crippen MR) is 272 cm³/mol. The number of aromatic nitrogens is 3. The number of rotatable bonds is 7. The minimum absolute atomic E-state index is 0.000628. The SMILES string of the molecule is CC.CC(C)c1c(O)cc(-c2cccc3cc(F)c(=O)[nH]c23)cc1O.CC(C)c1c(O)cc(-c2ccnc3ccc(F)cc23)cc1O.CCC(C)c1c(O)cc(-c2cc(F)c3ncccc3c2)cc1O. The number of halogens is 3. The molecule has 1 unspecified atom stereocenters. The van der Waals surface area contributed by atoms with Gasteiger partial charge in [0.1, 0.15) is 51.6 Å². The number of fused-ring (bicyclic) bond motifs is 3. The van der Waals surface area contributed by atoms with Gasteiger partial charge >= 0.3 is 0 Å². The lowest BCUT2D eigenvalue weighted by molar-refractivity contribution is 0.429. The number of phenolic OH excluding ortho intramolecular Hbond substituents is 6. The van der Waals surface area contributed by atoms with Gasteiger partial charge in [-0.25, -0.2) is 13.2 Å². The van der Waals surface area contributed by atoms with Crippen LogP contribution in [0.3, 0.4) is 0 Å². The maximum Gasteiger partial charge on any atom is 0.284 e. The molecule has 1 atom stereocenters. The molecule has 7 N–H and O–H groups in total. The molecule has 13 heteroatoms. The molecule has 0 saturated heterocycles. The van der Waals surface area contributed by atoms with Gasteiger partial charge < -0.3 is 35.6 Å². The lowest BCUT2D eigenvalue weighted by Gasteiger charge is -2.15. The lowest BCUT2D eigenvalue weighted by Crippen LogP contribution is -2.10. The van der Waals surface area contributed by atoms with Crippen molar-refractivity contribution in [2.24, 2.45) is 0 Å². The zero-order valence-corrected chi connectivity index (χ0v) is 40.1. The molecule has 70 heavy (non-hydrogen) atoms. The summed E-state index contributed by atoms with van der Waals surface area (Å²) in [7, 11) is 0. The Balaban J connectivity index is 0.000000169. The minimum atomic E-state index is -0.851. The monoisotopic (exact) mass is 951 g/mol. The minimum Gasteiger partial charge on any atom is -0.507 e. The number of para-hydroxylation sites is 1. The van der Waals surface area contributed by atoms with Gasteiger partial charge in [-0.1, -0.05) is 79.7 Å². The fourth-order valence-electron chi connectivity index (χ4n) is 8.37. The first-order valence-corrected chi connectivity index (χ1v) is 23.0. The van der Waals surface area contributed by atoms with Crippen molar-refractivity contribution < 1.29 is 43.8 Å². The van der Waals surface area contributed by atoms with E-state index in [1.807, 2.05) is 55.4 Å². The first kappa shape index (κ1) is 51.3. The largest absolute Gasteiger partial charge is 0.507 e. The van der Waals surface area contributed by atoms with Crippen LogP contribution in [0.1, 0.15) is 96.3 Å². The summed E-state index contributed by atoms with van der Waals surface area (Å²) >= 11 is 0. The summed E-state index contributed by atoms with van der Waals surface area (Å²) in [6.07, 6.45) is 3.97. The maximum absolute atomic E-state index is 14.2. The highest BCUT2D eigenvalue weighted by Gasteiger charge is 2.19. The Morgan fingerprint density at radius 2 is 1.06 bits per heavy atom. The molecule has 0 aliphatic heterocycles. The van der Waals surface area contributed by atoms with Gasteiger partial charge in [0.2, 0.25) is 0 Å². The average Bonchev–Trinajstić information content (AvgIpc) is 3.31. The number of phenols is 6. The van der Waals surface area contributed by atoms with E-state index in [1.165, 1.54) is 36.4 Å². The summed E-state index contributed by atoms with van der Waals surface area (Å²) in [6, 6.07) is 28.5. The third kappa shape index (κ3) is 10.9. The van der Waals surface area contributed by atoms with Gasteiger partial charge in [-0.3, -0.25) is 14.8 Å². The second kappa shape index (κ2) is 21.9. The topological polar surface area (TPSA) is 180 Å². The van der Waals surface area contributed by atoms with Crippen molar-refractivity contribution in [3.05, 3.63) is 166 Å². The van der Waals surface area contributed by atoms with Gasteiger partial charge in [0.25, 0.3) is 5.56 Å². The molecule has 0 fully saturated rings. The van der Waals surface area contributed by atoms with Crippen molar-refractivity contribution >= 4 is 32.7 Å². The molecule has 0 aliphatic rings. The Labute approximate surface area is 403 Å². The Morgan fingerprint density at radius 3 is 1.63 bits per heavy atom. The number of benzene rings is 6. The summed E-state index contributed by atoms with van der Waals surface area (Å²) < 4.78 is 41.2. The Bertz CT molecular complexity index is 3340. The Kier molecular flexibility index (Phi) is 16.1. The summed E-state index contributed by atoms with van der Waals surface area (Å²) in [6.45, 7) is 15.5. The van der Waals surface area contributed by atoms with Gasteiger partial charge in [0, 0.05) is 50.8 Å². The molecule has 3 heterocycles. The van der Waals surface area contributed by atoms with Crippen molar-refractivity contribution in [3.8, 4) is 67.9 Å². The molecule has 0 amide bonds. The van der Waals surface area contributed by atoms with Crippen molar-refractivity contribution in [1.29, 1.82) is 0 Å². The van der Waals surface area contributed by atoms with E-state index in [4.69, 9.17) is 0 Å². The molecular formula is C57H56F3N3O7. The normalized spacial score (nSPS) is 11.4. The summed E-state index contributed by atoms with van der Waals surface area (Å²) in [5.74, 6) is -1.53. The molecular weight excluding hydrogens is 896 g/mol. The van der Waals surface area contributed by atoms with Gasteiger partial charge in [-0.2, -0.15) is 0 Å². The first-order valence-electron chi connectivity index (χ1n) is 23.0. The zero-order chi connectivity index (χ0) is 51.1. The number of pyridine rings is 3. The molecule has 0 aliphatic carbocycles. The standard InChI is InChI=1S/C19H18FNO2.C18H16FNO3.C18H16FNO2.C2H6/c1-3-11(2)18-16(22)9-14(10-17(18)23)13-7-12-5-4-6-21-19(12)15(20)8-13;1-9(2)16-14(21)7-11(8-15(16)22)12-5-3-4-10-6-13(19)18(23)20-17(10)12;1-10(2)18-16(21)7-11(8-17(18)22)13-5-6-20-15-4-3-12(19)9-14(13)15;1-2/h4-11,22-23H,3H2,1-2H3;3-9,21-22H,1-2H3,(H,20,23);3-10,21-22H,1-2H3;1-2H3. The molecule has 10 nitrogen and oxygen atoms in total. The number of aromatic amines is 1. The quantitative estimate of drug-likeness (QED) is 0.0818. The van der Waals surface area contributed by atoms with Gasteiger partial charge in [-0.05, 0) is 137 Å². The van der Waals surface area contributed by atoms with E-state index in [0.29, 0.717) is 82.8 Å². The smallest absolute Gasteiger partial charge is 0.284 e. The second-order valence-corrected chi connectivity index (χ2v) is 17.2. The molecule has 362 valence electrons. The van der Waals surface area contributed by atoms with Crippen LogP contribution >= 0.6 is 0 Å². The number of hydrogen-bond donors (Lipinski definition) is 7. The van der Waals surface area contributed by atoms with Crippen LogP contribution in [0.2, 0.25) is 0 Å². The van der Waals surface area contributed by atoms with E-state index in [-0.39, 0.29) is 58.1 Å². The zero-order valence-electron chi connectivity index (χ0n) is 40.1. The van der Waals surface area contributed by atoms with Crippen molar-refractivity contribution in [3.63, 3.8) is 0 Å². The van der Waals surface area contributed by atoms with Gasteiger partial charge in [-0.15, -0.1) is 0 Å². The van der Waals surface area contributed by atoms with Crippen LogP contribution in [0.4, 0.5) is 13.2 Å². The van der Waals surface area contributed by atoms with Crippen LogP contribution in [0.15, 0.2) is 126 Å². The third-order valence-electron chi connectivity index (χ3n) is 11.8. The van der Waals surface area contributed by atoms with E-state index in [1.54, 1.807) is 85.2 Å². The summed E-state index contributed by atoms with van der Waals surface area (Å²) in [5.41, 5.74) is 5.74. The number of hydrogen-bond acceptors (Lipinski definition) is 9. The molecule has 0 radical (unpaired) electrons. The highest BCUT2D eigenvalue weighted by molar-refractivity contribution is 5.96. The van der Waals surface area contributed by atoms with Crippen LogP contribution in [0.25, 0.3) is 66.1 Å². The van der Waals surface area contributed by atoms with Crippen molar-refractivity contribution in [2.75, 3.05) is 0 Å². The molecule has 9 aromatic rings. The lowest BCUT2D eigenvalue weighted by atomic mass is 9.93. The Hall–Kier alpha value is -8.06. The number of aromatic hydroxyl groups is 6. The molecule has 3 aromatic heterocycles. The molecule has 9 rings (SSSR count). The van der Waals surface area contributed by atoms with E-state index >= 15 is 0 Å². The number of H-pyrrole nitrogens is 1. The van der Waals surface area contributed by atoms with Crippen LogP contribution in [0.5, 0.6) is 34.5 Å². The predicted octanol–water partition coefficient (Wildman–Crippen LogP) is 14.4. The molecule has 0 spiro atoms. The first-order chi connectivity index (χ1) is 33.4. The fraction of sp³-hybridized carbons (Fsp3) is 0.211. The number of nitrogens with one attached hydrogen (secondary N) is 1. The highest BCUT2D eigenvalue weighted by atomic mass is 19.1. The number of nitrogens with zero attached hydrogens (tertiary/aromatic N) is 2. The van der Waals surface area contributed by atoms with Gasteiger partial charge in [0.05, 0.1) is 11.0 Å². The van der Waals surface area contributed by atoms with Crippen LogP contribution < -0.4 is 5.56 Å². The summed E-state index contributed by atoms with van der Waals surface area (Å²) in [5, 5.41) is 63.1. The second-order valence-electron chi connectivity index (χ2n) is 17.2. The molecule has 0 saturated carbocycles. The van der Waals surface area contributed by atoms with E-state index in [9.17, 15) is 48.6 Å². The van der Waals surface area contributed by atoms with E-state index < -0.39 is 17.2 Å². The molecule has 0 bridgehead atoms. The highest BCUT2D eigenvalue weighted by Crippen LogP contribution is 2.42. The van der Waals surface area contributed by atoms with Gasteiger partial charge in [0.15, 0.2) is 5.82 Å². The fourth-order valence-corrected chi connectivity index (χ4v) is 8.37. The van der Waals surface area contributed by atoms with Crippen LogP contribution in [-0.2, 0) is 0 Å². The van der Waals surface area contributed by atoms with Crippen LogP contribution in [-0.4, -0.2) is 45.6 Å². The van der Waals surface area contributed by atoms with E-state index in [2.05, 4.69) is 15.0 Å².